The predicted molar refractivity (Wildman–Crippen MR) is 110 cm³/mol. The molecule has 27 heavy (non-hydrogen) atoms. The quantitative estimate of drug-likeness (QED) is 0.787. The van der Waals surface area contributed by atoms with Crippen molar-refractivity contribution in [2.45, 2.75) is 27.7 Å². The Morgan fingerprint density at radius 1 is 1.00 bits per heavy atom. The Bertz CT molecular complexity index is 1010. The fourth-order valence-electron chi connectivity index (χ4n) is 2.66. The topological polar surface area (TPSA) is 70.0 Å². The van der Waals surface area contributed by atoms with Crippen molar-refractivity contribution >= 4 is 40.2 Å². The van der Waals surface area contributed by atoms with Crippen molar-refractivity contribution in [2.24, 2.45) is 4.99 Å². The number of carboxylic acid groups (broad SMARTS) is 1. The first-order valence-electron chi connectivity index (χ1n) is 8.46. The monoisotopic (exact) mass is 380 g/mol. The molecule has 0 aromatic heterocycles. The van der Waals surface area contributed by atoms with Gasteiger partial charge in [-0.25, -0.2) is 9.79 Å². The van der Waals surface area contributed by atoms with Crippen LogP contribution in [0.1, 0.15) is 22.3 Å². The number of amides is 1. The van der Waals surface area contributed by atoms with Gasteiger partial charge in [-0.05, 0) is 86.0 Å². The Balaban J connectivity index is 2.11. The van der Waals surface area contributed by atoms with E-state index >= 15 is 0 Å². The van der Waals surface area contributed by atoms with Gasteiger partial charge < -0.3 is 5.11 Å². The summed E-state index contributed by atoms with van der Waals surface area (Å²) in [5, 5.41) is 9.52. The molecule has 3 rings (SSSR count). The normalized spacial score (nSPS) is 17.2. The average molecular weight is 380 g/mol. The summed E-state index contributed by atoms with van der Waals surface area (Å²) in [4.78, 5) is 30.2. The Morgan fingerprint density at radius 3 is 2.22 bits per heavy atom. The highest BCUT2D eigenvalue weighted by molar-refractivity contribution is 8.19. The van der Waals surface area contributed by atoms with Gasteiger partial charge in [-0.2, -0.15) is 0 Å². The summed E-state index contributed by atoms with van der Waals surface area (Å²) in [6.07, 6.45) is 0.934. The van der Waals surface area contributed by atoms with Gasteiger partial charge in [-0.3, -0.25) is 9.69 Å². The number of anilines is 1. The lowest BCUT2D eigenvalue weighted by Crippen LogP contribution is -2.29. The van der Waals surface area contributed by atoms with Crippen LogP contribution in [0.25, 0.3) is 0 Å². The smallest absolute Gasteiger partial charge is 0.329 e. The van der Waals surface area contributed by atoms with Crippen LogP contribution < -0.4 is 4.90 Å². The zero-order valence-corrected chi connectivity index (χ0v) is 16.4. The van der Waals surface area contributed by atoms with Crippen molar-refractivity contribution < 1.29 is 14.7 Å². The first-order chi connectivity index (χ1) is 12.8. The molecule has 0 bridgehead atoms. The Labute approximate surface area is 162 Å². The molecule has 0 radical (unpaired) electrons. The van der Waals surface area contributed by atoms with Crippen LogP contribution in [-0.4, -0.2) is 22.2 Å². The molecule has 138 valence electrons. The van der Waals surface area contributed by atoms with Crippen LogP contribution in [0.5, 0.6) is 0 Å². The number of benzene rings is 2. The molecule has 0 spiro atoms. The second-order valence-corrected chi connectivity index (χ2v) is 7.53. The minimum Gasteiger partial charge on any atom is -0.478 e. The highest BCUT2D eigenvalue weighted by Gasteiger charge is 2.35. The minimum absolute atomic E-state index is 0.142. The van der Waals surface area contributed by atoms with Crippen molar-refractivity contribution in [1.82, 2.24) is 0 Å². The van der Waals surface area contributed by atoms with Crippen LogP contribution in [-0.2, 0) is 9.59 Å². The molecule has 6 heteroatoms. The van der Waals surface area contributed by atoms with E-state index in [4.69, 9.17) is 5.11 Å². The zero-order valence-electron chi connectivity index (χ0n) is 15.6. The predicted octanol–water partition coefficient (Wildman–Crippen LogP) is 4.66. The second kappa shape index (κ2) is 7.40. The highest BCUT2D eigenvalue weighted by Crippen LogP contribution is 2.37. The summed E-state index contributed by atoms with van der Waals surface area (Å²) < 4.78 is 0. The van der Waals surface area contributed by atoms with E-state index in [0.717, 1.165) is 45.8 Å². The number of rotatable bonds is 3. The van der Waals surface area contributed by atoms with Crippen LogP contribution in [0.4, 0.5) is 11.4 Å². The maximum absolute atomic E-state index is 12.9. The number of carbonyl (C=O) groups excluding carboxylic acids is 1. The summed E-state index contributed by atoms with van der Waals surface area (Å²) in [6, 6.07) is 11.5. The third kappa shape index (κ3) is 3.95. The fraction of sp³-hybridized carbons (Fsp3) is 0.190. The van der Waals surface area contributed by atoms with E-state index in [2.05, 4.69) is 4.99 Å². The van der Waals surface area contributed by atoms with E-state index in [1.54, 1.807) is 0 Å². The SMILES string of the molecule is Cc1ccc(N=C2S/C(=C\C(=O)O)C(=O)N2c2ccc(C)c(C)c2)cc1C. The average Bonchev–Trinajstić information content (AvgIpc) is 2.88. The van der Waals surface area contributed by atoms with Crippen LogP contribution in [0.3, 0.4) is 0 Å². The van der Waals surface area contributed by atoms with E-state index in [1.165, 1.54) is 4.90 Å². The van der Waals surface area contributed by atoms with Crippen molar-refractivity contribution in [3.8, 4) is 0 Å². The largest absolute Gasteiger partial charge is 0.478 e. The maximum Gasteiger partial charge on any atom is 0.329 e. The van der Waals surface area contributed by atoms with Gasteiger partial charge in [0.1, 0.15) is 0 Å². The molecule has 1 fully saturated rings. The molecule has 0 saturated carbocycles. The van der Waals surface area contributed by atoms with Gasteiger partial charge in [0.2, 0.25) is 0 Å². The number of aryl methyl sites for hydroxylation is 4. The summed E-state index contributed by atoms with van der Waals surface area (Å²) in [5.41, 5.74) is 5.82. The number of carbonyl (C=O) groups is 2. The van der Waals surface area contributed by atoms with Crippen LogP contribution >= 0.6 is 11.8 Å². The first kappa shape index (κ1) is 18.9. The number of nitrogens with zero attached hydrogens (tertiary/aromatic N) is 2. The molecule has 1 aliphatic rings. The Kier molecular flexibility index (Phi) is 5.19. The van der Waals surface area contributed by atoms with Gasteiger partial charge in [0.15, 0.2) is 5.17 Å². The zero-order chi connectivity index (χ0) is 19.7. The lowest BCUT2D eigenvalue weighted by atomic mass is 10.1. The van der Waals surface area contributed by atoms with Crippen molar-refractivity contribution in [1.29, 1.82) is 0 Å². The van der Waals surface area contributed by atoms with E-state index in [1.807, 2.05) is 64.1 Å². The number of hydrogen-bond acceptors (Lipinski definition) is 4. The van der Waals surface area contributed by atoms with Gasteiger partial charge in [-0.1, -0.05) is 12.1 Å². The second-order valence-electron chi connectivity index (χ2n) is 6.52. The summed E-state index contributed by atoms with van der Waals surface area (Å²) in [7, 11) is 0. The lowest BCUT2D eigenvalue weighted by molar-refractivity contribution is -0.131. The van der Waals surface area contributed by atoms with Gasteiger partial charge in [0.05, 0.1) is 16.3 Å². The number of aliphatic carboxylic acids is 1. The van der Waals surface area contributed by atoms with Crippen LogP contribution in [0, 0.1) is 27.7 Å². The molecular weight excluding hydrogens is 360 g/mol. The molecule has 0 atom stereocenters. The molecule has 5 nitrogen and oxygen atoms in total. The molecule has 0 unspecified atom stereocenters. The highest BCUT2D eigenvalue weighted by atomic mass is 32.2. The van der Waals surface area contributed by atoms with Crippen LogP contribution in [0.15, 0.2) is 52.4 Å². The van der Waals surface area contributed by atoms with Gasteiger partial charge in [0, 0.05) is 6.08 Å². The summed E-state index contributed by atoms with van der Waals surface area (Å²) >= 11 is 1.07. The minimum atomic E-state index is -1.15. The molecule has 2 aromatic rings. The van der Waals surface area contributed by atoms with E-state index < -0.39 is 5.97 Å². The summed E-state index contributed by atoms with van der Waals surface area (Å²) in [6.45, 7) is 8.00. The molecular formula is C21H20N2O3S. The molecule has 1 heterocycles. The van der Waals surface area contributed by atoms with Gasteiger partial charge >= 0.3 is 5.97 Å². The molecule has 2 aromatic carbocycles. The Hall–Kier alpha value is -2.86. The third-order valence-electron chi connectivity index (χ3n) is 4.52. The van der Waals surface area contributed by atoms with Crippen molar-refractivity contribution in [3.05, 3.63) is 69.6 Å². The molecule has 1 saturated heterocycles. The fourth-order valence-corrected chi connectivity index (χ4v) is 3.62. The van der Waals surface area contributed by atoms with Gasteiger partial charge in [-0.15, -0.1) is 0 Å². The molecule has 0 aliphatic carbocycles. The van der Waals surface area contributed by atoms with E-state index in [0.29, 0.717) is 10.9 Å². The number of hydrogen-bond donors (Lipinski definition) is 1. The number of aliphatic imine (C=N–C) groups is 1. The first-order valence-corrected chi connectivity index (χ1v) is 9.28. The Morgan fingerprint density at radius 2 is 1.63 bits per heavy atom. The summed E-state index contributed by atoms with van der Waals surface area (Å²) in [5.74, 6) is -1.54. The number of thioether (sulfide) groups is 1. The number of carboxylic acids is 1. The maximum atomic E-state index is 12.9. The van der Waals surface area contributed by atoms with Crippen LogP contribution in [0.2, 0.25) is 0 Å². The van der Waals surface area contributed by atoms with E-state index in [9.17, 15) is 9.59 Å². The van der Waals surface area contributed by atoms with Crippen molar-refractivity contribution in [2.75, 3.05) is 4.90 Å². The van der Waals surface area contributed by atoms with E-state index in [-0.39, 0.29) is 10.8 Å². The van der Waals surface area contributed by atoms with Gasteiger partial charge in [0.25, 0.3) is 5.91 Å². The molecule has 1 aliphatic heterocycles. The third-order valence-corrected chi connectivity index (χ3v) is 5.49. The number of amidine groups is 1. The standard InChI is InChI=1S/C21H20N2O3S/c1-12-5-7-16(9-14(12)3)22-21-23(17-8-6-13(2)15(4)10-17)20(26)18(27-21)11-19(24)25/h5-11H,1-4H3,(H,24,25)/b18-11-,22-21?. The lowest BCUT2D eigenvalue weighted by Gasteiger charge is -2.17. The molecule has 1 N–H and O–H groups in total. The van der Waals surface area contributed by atoms with Crippen molar-refractivity contribution in [3.63, 3.8) is 0 Å². The molecule has 1 amide bonds.